The van der Waals surface area contributed by atoms with Crippen molar-refractivity contribution in [1.29, 1.82) is 0 Å². The number of hydrogen-bond acceptors (Lipinski definition) is 4. The predicted octanol–water partition coefficient (Wildman–Crippen LogP) is 6.81. The van der Waals surface area contributed by atoms with Crippen molar-refractivity contribution >= 4 is 23.4 Å². The van der Waals surface area contributed by atoms with Gasteiger partial charge in [-0.05, 0) is 55.3 Å². The molecule has 1 amide bonds. The largest absolute Gasteiger partial charge is 0.490 e. The molecule has 184 valence electrons. The summed E-state index contributed by atoms with van der Waals surface area (Å²) in [4.78, 5) is 13.5. The molecule has 4 aromatic carbocycles. The standard InChI is InChI=1S/C32H28N2O3/c1-3-36-30-21-25(18-19-29(30)37-22-24-16-14-23(2)15-17-24)20-28-31(26-10-6-4-7-11-26)33-34(32(28)35)27-12-8-5-9-13-27/h4-21H,3,22H2,1-2H3/b28-20-. The van der Waals surface area contributed by atoms with Crippen molar-refractivity contribution in [2.45, 2.75) is 20.5 Å². The van der Waals surface area contributed by atoms with Crippen molar-refractivity contribution in [1.82, 2.24) is 0 Å². The first-order valence-electron chi connectivity index (χ1n) is 12.3. The summed E-state index contributed by atoms with van der Waals surface area (Å²) in [5, 5.41) is 6.16. The topological polar surface area (TPSA) is 51.1 Å². The van der Waals surface area contributed by atoms with E-state index < -0.39 is 0 Å². The van der Waals surface area contributed by atoms with Gasteiger partial charge in [-0.1, -0.05) is 84.4 Å². The second kappa shape index (κ2) is 11.0. The molecule has 0 saturated heterocycles. The van der Waals surface area contributed by atoms with Crippen molar-refractivity contribution in [3.05, 3.63) is 131 Å². The molecule has 0 N–H and O–H groups in total. The van der Waals surface area contributed by atoms with E-state index in [4.69, 9.17) is 14.6 Å². The average molecular weight is 489 g/mol. The normalized spacial score (nSPS) is 14.1. The summed E-state index contributed by atoms with van der Waals surface area (Å²) < 4.78 is 12.0. The van der Waals surface area contributed by atoms with Crippen molar-refractivity contribution in [2.75, 3.05) is 11.6 Å². The van der Waals surface area contributed by atoms with Crippen LogP contribution in [0.15, 0.2) is 114 Å². The molecule has 0 fully saturated rings. The SMILES string of the molecule is CCOc1cc(/C=C2\C(=O)N(c3ccccc3)N=C2c2ccccc2)ccc1OCc1ccc(C)cc1. The van der Waals surface area contributed by atoms with E-state index in [1.165, 1.54) is 10.6 Å². The number of carbonyl (C=O) groups excluding carboxylic acids is 1. The number of anilines is 1. The molecule has 0 aromatic heterocycles. The maximum Gasteiger partial charge on any atom is 0.281 e. The zero-order valence-corrected chi connectivity index (χ0v) is 20.9. The van der Waals surface area contributed by atoms with Crippen LogP contribution in [0.2, 0.25) is 0 Å². The van der Waals surface area contributed by atoms with Gasteiger partial charge in [-0.2, -0.15) is 10.1 Å². The molecule has 5 nitrogen and oxygen atoms in total. The minimum atomic E-state index is -0.178. The summed E-state index contributed by atoms with van der Waals surface area (Å²) >= 11 is 0. The summed E-state index contributed by atoms with van der Waals surface area (Å²) in [7, 11) is 0. The van der Waals surface area contributed by atoms with Gasteiger partial charge in [0, 0.05) is 5.56 Å². The molecule has 5 rings (SSSR count). The molecule has 5 heteroatoms. The Bertz CT molecular complexity index is 1440. The van der Waals surface area contributed by atoms with Crippen LogP contribution in [0.25, 0.3) is 6.08 Å². The fraction of sp³-hybridized carbons (Fsp3) is 0.125. The predicted molar refractivity (Wildman–Crippen MR) is 148 cm³/mol. The summed E-state index contributed by atoms with van der Waals surface area (Å²) in [6, 6.07) is 33.2. The highest BCUT2D eigenvalue weighted by Gasteiger charge is 2.32. The van der Waals surface area contributed by atoms with E-state index in [1.54, 1.807) is 0 Å². The number of benzene rings is 4. The molecule has 1 heterocycles. The van der Waals surface area contributed by atoms with Gasteiger partial charge in [0.1, 0.15) is 12.3 Å². The van der Waals surface area contributed by atoms with Crippen LogP contribution in [0.4, 0.5) is 5.69 Å². The Hall–Kier alpha value is -4.64. The summed E-state index contributed by atoms with van der Waals surface area (Å²) in [6.07, 6.45) is 1.86. The number of para-hydroxylation sites is 1. The Morgan fingerprint density at radius 1 is 0.811 bits per heavy atom. The Morgan fingerprint density at radius 3 is 2.22 bits per heavy atom. The van der Waals surface area contributed by atoms with Crippen LogP contribution in [0, 0.1) is 6.92 Å². The van der Waals surface area contributed by atoms with E-state index >= 15 is 0 Å². The number of amides is 1. The fourth-order valence-electron chi connectivity index (χ4n) is 4.11. The van der Waals surface area contributed by atoms with Crippen molar-refractivity contribution in [3.63, 3.8) is 0 Å². The molecule has 0 radical (unpaired) electrons. The second-order valence-electron chi connectivity index (χ2n) is 8.74. The van der Waals surface area contributed by atoms with Crippen LogP contribution >= 0.6 is 0 Å². The van der Waals surface area contributed by atoms with Crippen LogP contribution in [0.5, 0.6) is 11.5 Å². The lowest BCUT2D eigenvalue weighted by Gasteiger charge is -2.13. The van der Waals surface area contributed by atoms with E-state index in [9.17, 15) is 4.79 Å². The lowest BCUT2D eigenvalue weighted by Crippen LogP contribution is -2.21. The van der Waals surface area contributed by atoms with Crippen molar-refractivity contribution in [3.8, 4) is 11.5 Å². The number of nitrogens with zero attached hydrogens (tertiary/aromatic N) is 2. The second-order valence-corrected chi connectivity index (χ2v) is 8.74. The summed E-state index contributed by atoms with van der Waals surface area (Å²) in [6.45, 7) is 4.94. The Labute approximate surface area is 217 Å². The molecular formula is C32H28N2O3. The third kappa shape index (κ3) is 5.46. The first kappa shape index (κ1) is 24.1. The van der Waals surface area contributed by atoms with Crippen LogP contribution < -0.4 is 14.5 Å². The minimum Gasteiger partial charge on any atom is -0.490 e. The fourth-order valence-corrected chi connectivity index (χ4v) is 4.11. The zero-order chi connectivity index (χ0) is 25.6. The van der Waals surface area contributed by atoms with Crippen LogP contribution in [0.3, 0.4) is 0 Å². The van der Waals surface area contributed by atoms with Gasteiger partial charge in [-0.15, -0.1) is 0 Å². The maximum atomic E-state index is 13.5. The van der Waals surface area contributed by atoms with E-state index in [1.807, 2.05) is 91.9 Å². The molecule has 0 unspecified atom stereocenters. The molecule has 0 saturated carbocycles. The number of hydrogen-bond donors (Lipinski definition) is 0. The first-order chi connectivity index (χ1) is 18.1. The Morgan fingerprint density at radius 2 is 1.51 bits per heavy atom. The molecule has 1 aliphatic rings. The van der Waals surface area contributed by atoms with Gasteiger partial charge in [0.25, 0.3) is 5.91 Å². The van der Waals surface area contributed by atoms with Gasteiger partial charge in [0.2, 0.25) is 0 Å². The number of rotatable bonds is 8. The molecule has 0 aliphatic carbocycles. The third-order valence-corrected chi connectivity index (χ3v) is 6.02. The minimum absolute atomic E-state index is 0.178. The number of aryl methyl sites for hydroxylation is 1. The monoisotopic (exact) mass is 488 g/mol. The van der Waals surface area contributed by atoms with Gasteiger partial charge in [-0.25, -0.2) is 0 Å². The van der Waals surface area contributed by atoms with E-state index in [0.29, 0.717) is 36.0 Å². The van der Waals surface area contributed by atoms with Gasteiger partial charge in [-0.3, -0.25) is 4.79 Å². The summed E-state index contributed by atoms with van der Waals surface area (Å²) in [5.41, 5.74) is 5.87. The van der Waals surface area contributed by atoms with Crippen molar-refractivity contribution in [2.24, 2.45) is 5.10 Å². The van der Waals surface area contributed by atoms with E-state index in [2.05, 4.69) is 31.2 Å². The highest BCUT2D eigenvalue weighted by molar-refractivity contribution is 6.37. The van der Waals surface area contributed by atoms with Gasteiger partial charge < -0.3 is 9.47 Å². The molecular weight excluding hydrogens is 460 g/mol. The van der Waals surface area contributed by atoms with Gasteiger partial charge in [0.15, 0.2) is 11.5 Å². The third-order valence-electron chi connectivity index (χ3n) is 6.02. The molecule has 0 atom stereocenters. The average Bonchev–Trinajstić information content (AvgIpc) is 3.26. The molecule has 0 bridgehead atoms. The van der Waals surface area contributed by atoms with E-state index in [0.717, 1.165) is 22.4 Å². The van der Waals surface area contributed by atoms with Crippen molar-refractivity contribution < 1.29 is 14.3 Å². The highest BCUT2D eigenvalue weighted by Crippen LogP contribution is 2.32. The molecule has 1 aliphatic heterocycles. The van der Waals surface area contributed by atoms with E-state index in [-0.39, 0.29) is 5.91 Å². The number of hydrazone groups is 1. The first-order valence-corrected chi connectivity index (χ1v) is 12.3. The lowest BCUT2D eigenvalue weighted by molar-refractivity contribution is -0.114. The lowest BCUT2D eigenvalue weighted by atomic mass is 10.00. The smallest absolute Gasteiger partial charge is 0.281 e. The highest BCUT2D eigenvalue weighted by atomic mass is 16.5. The Balaban J connectivity index is 1.47. The van der Waals surface area contributed by atoms with Crippen LogP contribution in [0.1, 0.15) is 29.2 Å². The van der Waals surface area contributed by atoms with Gasteiger partial charge in [0.05, 0.1) is 17.9 Å². The van der Waals surface area contributed by atoms with Crippen LogP contribution in [-0.2, 0) is 11.4 Å². The molecule has 0 spiro atoms. The summed E-state index contributed by atoms with van der Waals surface area (Å²) in [5.74, 6) is 1.11. The quantitative estimate of drug-likeness (QED) is 0.256. The number of carbonyl (C=O) groups is 1. The zero-order valence-electron chi connectivity index (χ0n) is 20.9. The number of ether oxygens (including phenoxy) is 2. The Kier molecular flexibility index (Phi) is 7.13. The molecule has 4 aromatic rings. The maximum absolute atomic E-state index is 13.5. The van der Waals surface area contributed by atoms with Gasteiger partial charge >= 0.3 is 0 Å². The van der Waals surface area contributed by atoms with Crippen LogP contribution in [-0.4, -0.2) is 18.2 Å². The molecule has 37 heavy (non-hydrogen) atoms.